The summed E-state index contributed by atoms with van der Waals surface area (Å²) in [7, 11) is -3.66. The Morgan fingerprint density at radius 1 is 1.00 bits per heavy atom. The van der Waals surface area contributed by atoms with Gasteiger partial charge in [-0.25, -0.2) is 17.9 Å². The standard InChI is InChI=1S/C20H24N2O6S/c1-4-27-20(24)28-17-9-7-16(8-10-17)19(23)21-11-12-22-29(25,26)18-13-14(2)5-6-15(18)3/h5-10,13,22H,4,11-12H2,1-3H3,(H,21,23). The van der Waals surface area contributed by atoms with E-state index in [0.29, 0.717) is 11.1 Å². The monoisotopic (exact) mass is 420 g/mol. The summed E-state index contributed by atoms with van der Waals surface area (Å²) in [6.45, 7) is 5.58. The van der Waals surface area contributed by atoms with Crippen molar-refractivity contribution < 1.29 is 27.5 Å². The zero-order valence-electron chi connectivity index (χ0n) is 16.5. The van der Waals surface area contributed by atoms with Gasteiger partial charge in [-0.3, -0.25) is 4.79 Å². The number of nitrogens with one attached hydrogen (secondary N) is 2. The van der Waals surface area contributed by atoms with Crippen molar-refractivity contribution in [2.24, 2.45) is 0 Å². The highest BCUT2D eigenvalue weighted by atomic mass is 32.2. The minimum atomic E-state index is -3.66. The van der Waals surface area contributed by atoms with Crippen molar-refractivity contribution in [3.63, 3.8) is 0 Å². The highest BCUT2D eigenvalue weighted by Crippen LogP contribution is 2.16. The first-order valence-corrected chi connectivity index (χ1v) is 10.5. The first-order chi connectivity index (χ1) is 13.7. The molecule has 2 aromatic rings. The van der Waals surface area contributed by atoms with Crippen LogP contribution in [0.2, 0.25) is 0 Å². The Morgan fingerprint density at radius 2 is 1.69 bits per heavy atom. The molecule has 0 bridgehead atoms. The lowest BCUT2D eigenvalue weighted by molar-refractivity contribution is 0.0954. The summed E-state index contributed by atoms with van der Waals surface area (Å²) in [5.74, 6) is -0.125. The van der Waals surface area contributed by atoms with E-state index in [4.69, 9.17) is 4.74 Å². The maximum Gasteiger partial charge on any atom is 0.513 e. The number of sulfonamides is 1. The fraction of sp³-hybridized carbons (Fsp3) is 0.300. The molecule has 0 spiro atoms. The van der Waals surface area contributed by atoms with Gasteiger partial charge in [-0.1, -0.05) is 12.1 Å². The maximum absolute atomic E-state index is 12.4. The zero-order valence-corrected chi connectivity index (χ0v) is 17.3. The summed E-state index contributed by atoms with van der Waals surface area (Å²) < 4.78 is 36.9. The molecule has 0 saturated carbocycles. The van der Waals surface area contributed by atoms with Gasteiger partial charge in [0.05, 0.1) is 11.5 Å². The summed E-state index contributed by atoms with van der Waals surface area (Å²) in [5.41, 5.74) is 1.84. The molecule has 9 heteroatoms. The number of ether oxygens (including phenoxy) is 2. The molecule has 2 N–H and O–H groups in total. The van der Waals surface area contributed by atoms with Crippen LogP contribution in [-0.4, -0.2) is 40.2 Å². The van der Waals surface area contributed by atoms with Gasteiger partial charge in [-0.2, -0.15) is 0 Å². The van der Waals surface area contributed by atoms with Crippen molar-refractivity contribution in [3.05, 3.63) is 59.2 Å². The lowest BCUT2D eigenvalue weighted by atomic mass is 10.2. The van der Waals surface area contributed by atoms with Crippen LogP contribution in [0.4, 0.5) is 4.79 Å². The summed E-state index contributed by atoms with van der Waals surface area (Å²) in [6.07, 6.45) is -0.819. The third-order valence-electron chi connectivity index (χ3n) is 3.92. The molecule has 0 aromatic heterocycles. The van der Waals surface area contributed by atoms with Crippen LogP contribution in [0.3, 0.4) is 0 Å². The van der Waals surface area contributed by atoms with E-state index in [1.807, 2.05) is 13.0 Å². The second-order valence-corrected chi connectivity index (χ2v) is 7.97. The topological polar surface area (TPSA) is 111 Å². The van der Waals surface area contributed by atoms with Crippen molar-refractivity contribution in [2.75, 3.05) is 19.7 Å². The van der Waals surface area contributed by atoms with Crippen LogP contribution in [-0.2, 0) is 14.8 Å². The van der Waals surface area contributed by atoms with Crippen molar-refractivity contribution >= 4 is 22.1 Å². The third-order valence-corrected chi connectivity index (χ3v) is 5.52. The third kappa shape index (κ3) is 6.58. The second-order valence-electron chi connectivity index (χ2n) is 6.23. The lowest BCUT2D eigenvalue weighted by Crippen LogP contribution is -2.35. The van der Waals surface area contributed by atoms with Crippen LogP contribution in [0.5, 0.6) is 5.75 Å². The Hall–Kier alpha value is -2.91. The van der Waals surface area contributed by atoms with E-state index in [2.05, 4.69) is 14.8 Å². The van der Waals surface area contributed by atoms with Crippen LogP contribution in [0.25, 0.3) is 0 Å². The molecule has 0 unspecified atom stereocenters. The number of benzene rings is 2. The minimum absolute atomic E-state index is 0.0471. The van der Waals surface area contributed by atoms with E-state index in [9.17, 15) is 18.0 Å². The summed E-state index contributed by atoms with van der Waals surface area (Å²) in [5, 5.41) is 2.63. The molecule has 0 fully saturated rings. The molecule has 1 amide bonds. The van der Waals surface area contributed by atoms with Crippen molar-refractivity contribution in [3.8, 4) is 5.75 Å². The summed E-state index contributed by atoms with van der Waals surface area (Å²) in [4.78, 5) is 23.6. The smallest absolute Gasteiger partial charge is 0.434 e. The van der Waals surface area contributed by atoms with E-state index in [1.165, 1.54) is 24.3 Å². The van der Waals surface area contributed by atoms with Gasteiger partial charge < -0.3 is 14.8 Å². The highest BCUT2D eigenvalue weighted by molar-refractivity contribution is 7.89. The number of aryl methyl sites for hydroxylation is 2. The van der Waals surface area contributed by atoms with Gasteiger partial charge in [-0.05, 0) is 62.2 Å². The molecule has 8 nitrogen and oxygen atoms in total. The van der Waals surface area contributed by atoms with Crippen LogP contribution in [0, 0.1) is 13.8 Å². The fourth-order valence-electron chi connectivity index (χ4n) is 2.46. The number of hydrogen-bond acceptors (Lipinski definition) is 6. The zero-order chi connectivity index (χ0) is 21.4. The van der Waals surface area contributed by atoms with Gasteiger partial charge in [0.25, 0.3) is 5.91 Å². The van der Waals surface area contributed by atoms with Gasteiger partial charge in [0, 0.05) is 18.7 Å². The van der Waals surface area contributed by atoms with Crippen LogP contribution in [0.15, 0.2) is 47.4 Å². The first kappa shape index (κ1) is 22.4. The maximum atomic E-state index is 12.4. The van der Waals surface area contributed by atoms with Crippen LogP contribution in [0.1, 0.15) is 28.4 Å². The molecular formula is C20H24N2O6S. The Morgan fingerprint density at radius 3 is 2.34 bits per heavy atom. The molecule has 0 heterocycles. The van der Waals surface area contributed by atoms with E-state index in [1.54, 1.807) is 26.0 Å². The van der Waals surface area contributed by atoms with Crippen molar-refractivity contribution in [1.82, 2.24) is 10.0 Å². The Balaban J connectivity index is 1.85. The van der Waals surface area contributed by atoms with Crippen LogP contribution >= 0.6 is 0 Å². The molecule has 29 heavy (non-hydrogen) atoms. The molecule has 0 aliphatic carbocycles. The van der Waals surface area contributed by atoms with E-state index in [-0.39, 0.29) is 36.2 Å². The molecule has 0 aliphatic heterocycles. The average molecular weight is 420 g/mol. The normalized spacial score (nSPS) is 11.0. The SMILES string of the molecule is CCOC(=O)Oc1ccc(C(=O)NCCNS(=O)(=O)c2cc(C)ccc2C)cc1. The Labute approximate surface area is 170 Å². The van der Waals surface area contributed by atoms with E-state index < -0.39 is 16.2 Å². The van der Waals surface area contributed by atoms with Gasteiger partial charge >= 0.3 is 6.16 Å². The van der Waals surface area contributed by atoms with Gasteiger partial charge in [0.2, 0.25) is 10.0 Å². The predicted octanol–water partition coefficient (Wildman–Crippen LogP) is 2.55. The fourth-order valence-corrected chi connectivity index (χ4v) is 3.82. The highest BCUT2D eigenvalue weighted by Gasteiger charge is 2.16. The lowest BCUT2D eigenvalue weighted by Gasteiger charge is -2.11. The number of carbonyl (C=O) groups excluding carboxylic acids is 2. The molecular weight excluding hydrogens is 396 g/mol. The van der Waals surface area contributed by atoms with Crippen molar-refractivity contribution in [2.45, 2.75) is 25.7 Å². The number of hydrogen-bond donors (Lipinski definition) is 2. The molecule has 2 rings (SSSR count). The quantitative estimate of drug-likeness (QED) is 0.386. The largest absolute Gasteiger partial charge is 0.513 e. The number of rotatable bonds is 8. The minimum Gasteiger partial charge on any atom is -0.434 e. The van der Waals surface area contributed by atoms with Gasteiger partial charge in [-0.15, -0.1) is 0 Å². The van der Waals surface area contributed by atoms with Gasteiger partial charge in [0.15, 0.2) is 0 Å². The second kappa shape index (κ2) is 10.0. The van der Waals surface area contributed by atoms with E-state index in [0.717, 1.165) is 5.56 Å². The Kier molecular flexibility index (Phi) is 7.74. The van der Waals surface area contributed by atoms with Crippen LogP contribution < -0.4 is 14.8 Å². The Bertz CT molecular complexity index is 971. The molecule has 2 aromatic carbocycles. The molecule has 0 aliphatic rings. The average Bonchev–Trinajstić information content (AvgIpc) is 2.67. The summed E-state index contributed by atoms with van der Waals surface area (Å²) in [6, 6.07) is 11.1. The summed E-state index contributed by atoms with van der Waals surface area (Å²) >= 11 is 0. The molecule has 0 saturated heterocycles. The molecule has 0 atom stereocenters. The van der Waals surface area contributed by atoms with Gasteiger partial charge in [0.1, 0.15) is 5.75 Å². The van der Waals surface area contributed by atoms with E-state index >= 15 is 0 Å². The van der Waals surface area contributed by atoms with Crippen molar-refractivity contribution in [1.29, 1.82) is 0 Å². The molecule has 0 radical (unpaired) electrons. The first-order valence-electron chi connectivity index (χ1n) is 9.02. The number of amides is 1. The molecule has 156 valence electrons. The number of carbonyl (C=O) groups is 2. The predicted molar refractivity (Wildman–Crippen MR) is 108 cm³/mol.